The zero-order valence-corrected chi connectivity index (χ0v) is 24.3. The molecule has 0 spiro atoms. The molecule has 0 amide bonds. The average Bonchev–Trinajstić information content (AvgIpc) is 3.25. The van der Waals surface area contributed by atoms with E-state index in [2.05, 4.69) is 86.6 Å². The second-order valence-electron chi connectivity index (χ2n) is 11.7. The van der Waals surface area contributed by atoms with Gasteiger partial charge in [0.15, 0.2) is 0 Å². The van der Waals surface area contributed by atoms with Crippen molar-refractivity contribution in [2.45, 2.75) is 109 Å². The van der Waals surface area contributed by atoms with Crippen LogP contribution in [-0.2, 0) is 5.41 Å². The third-order valence-corrected chi connectivity index (χ3v) is 9.04. The number of unbranched alkanes of at least 4 members (excludes halogenated alkanes) is 10. The Morgan fingerprint density at radius 3 is 2.03 bits per heavy atom. The Labute approximate surface area is 237 Å². The zero-order chi connectivity index (χ0) is 26.9. The molecule has 204 valence electrons. The van der Waals surface area contributed by atoms with E-state index in [1.165, 1.54) is 117 Å². The molecule has 0 unspecified atom stereocenters. The van der Waals surface area contributed by atoms with Gasteiger partial charge in [0.1, 0.15) is 0 Å². The van der Waals surface area contributed by atoms with Gasteiger partial charge in [0.05, 0.1) is 0 Å². The topological polar surface area (TPSA) is 12.9 Å². The van der Waals surface area contributed by atoms with Crippen molar-refractivity contribution in [3.8, 4) is 22.4 Å². The van der Waals surface area contributed by atoms with Gasteiger partial charge in [-0.1, -0.05) is 151 Å². The van der Waals surface area contributed by atoms with Gasteiger partial charge in [0, 0.05) is 11.6 Å². The summed E-state index contributed by atoms with van der Waals surface area (Å²) in [7, 11) is 0. The van der Waals surface area contributed by atoms with Crippen LogP contribution in [0.2, 0.25) is 0 Å². The smallest absolute Gasteiger partial charge is 0.0167 e. The van der Waals surface area contributed by atoms with E-state index in [0.29, 0.717) is 0 Å². The minimum atomic E-state index is 0.0931. The summed E-state index contributed by atoms with van der Waals surface area (Å²) in [5, 5.41) is 2.45. The van der Waals surface area contributed by atoms with E-state index in [-0.39, 0.29) is 5.41 Å². The molecule has 39 heavy (non-hydrogen) atoms. The van der Waals surface area contributed by atoms with Crippen molar-refractivity contribution in [1.82, 2.24) is 4.98 Å². The first kappa shape index (κ1) is 27.6. The molecular weight excluding hydrogens is 470 g/mol. The van der Waals surface area contributed by atoms with E-state index in [1.54, 1.807) is 5.56 Å². The molecule has 1 aromatic heterocycles. The lowest BCUT2D eigenvalue weighted by molar-refractivity contribution is 0.398. The van der Waals surface area contributed by atoms with Crippen molar-refractivity contribution in [2.24, 2.45) is 0 Å². The van der Waals surface area contributed by atoms with Crippen molar-refractivity contribution in [2.75, 3.05) is 0 Å². The minimum absolute atomic E-state index is 0.0931. The molecule has 0 N–H and O–H groups in total. The predicted molar refractivity (Wildman–Crippen MR) is 168 cm³/mol. The lowest BCUT2D eigenvalue weighted by Crippen LogP contribution is -2.25. The van der Waals surface area contributed by atoms with Crippen LogP contribution in [0.1, 0.15) is 115 Å². The zero-order valence-electron chi connectivity index (χ0n) is 24.3. The SMILES string of the molecule is CCCCCCCCC1(CCCCCCCC)c2ccccc2-c2c[c-]c(-c3nccc4ccccc34)cc21. The monoisotopic (exact) mass is 516 g/mol. The summed E-state index contributed by atoms with van der Waals surface area (Å²) in [5.74, 6) is 0. The molecule has 0 radical (unpaired) electrons. The average molecular weight is 517 g/mol. The van der Waals surface area contributed by atoms with Gasteiger partial charge in [-0.3, -0.25) is 0 Å². The largest absolute Gasteiger partial charge is 0.304 e. The van der Waals surface area contributed by atoms with Crippen LogP contribution < -0.4 is 0 Å². The Kier molecular flexibility index (Phi) is 9.51. The molecule has 1 aliphatic rings. The van der Waals surface area contributed by atoms with Gasteiger partial charge in [-0.25, -0.2) is 0 Å². The minimum Gasteiger partial charge on any atom is -0.304 e. The van der Waals surface area contributed by atoms with Gasteiger partial charge >= 0.3 is 0 Å². The molecule has 0 fully saturated rings. The summed E-state index contributed by atoms with van der Waals surface area (Å²) in [6.07, 6.45) is 20.5. The highest BCUT2D eigenvalue weighted by Gasteiger charge is 2.39. The highest BCUT2D eigenvalue weighted by atomic mass is 14.7. The Morgan fingerprint density at radius 1 is 0.641 bits per heavy atom. The number of benzene rings is 3. The summed E-state index contributed by atoms with van der Waals surface area (Å²) in [6, 6.07) is 28.4. The summed E-state index contributed by atoms with van der Waals surface area (Å²) >= 11 is 0. The van der Waals surface area contributed by atoms with Crippen LogP contribution in [0.25, 0.3) is 33.2 Å². The van der Waals surface area contributed by atoms with Crippen LogP contribution in [0.4, 0.5) is 0 Å². The van der Waals surface area contributed by atoms with Crippen molar-refractivity contribution in [3.63, 3.8) is 0 Å². The molecule has 4 aromatic rings. The van der Waals surface area contributed by atoms with E-state index < -0.39 is 0 Å². The van der Waals surface area contributed by atoms with Crippen LogP contribution in [0.5, 0.6) is 0 Å². The Hall–Kier alpha value is -2.93. The molecule has 5 rings (SSSR count). The lowest BCUT2D eigenvalue weighted by atomic mass is 9.70. The van der Waals surface area contributed by atoms with E-state index in [9.17, 15) is 0 Å². The summed E-state index contributed by atoms with van der Waals surface area (Å²) in [6.45, 7) is 4.61. The number of hydrogen-bond donors (Lipinski definition) is 0. The number of hydrogen-bond acceptors (Lipinski definition) is 1. The number of aromatic nitrogens is 1. The maximum atomic E-state index is 4.88. The van der Waals surface area contributed by atoms with E-state index >= 15 is 0 Å². The van der Waals surface area contributed by atoms with E-state index in [0.717, 1.165) is 11.3 Å². The lowest BCUT2D eigenvalue weighted by Gasteiger charge is -2.35. The van der Waals surface area contributed by atoms with Crippen LogP contribution in [0.15, 0.2) is 72.9 Å². The molecule has 0 atom stereocenters. The Morgan fingerprint density at radius 2 is 1.28 bits per heavy atom. The van der Waals surface area contributed by atoms with Crippen LogP contribution >= 0.6 is 0 Å². The molecule has 0 bridgehead atoms. The third kappa shape index (κ3) is 5.98. The second-order valence-corrected chi connectivity index (χ2v) is 11.7. The van der Waals surface area contributed by atoms with Gasteiger partial charge in [-0.2, -0.15) is 0 Å². The highest BCUT2D eigenvalue weighted by molar-refractivity contribution is 5.95. The van der Waals surface area contributed by atoms with Crippen molar-refractivity contribution >= 4 is 10.8 Å². The quantitative estimate of drug-likeness (QED) is 0.113. The number of rotatable bonds is 15. The Bertz CT molecular complexity index is 1330. The van der Waals surface area contributed by atoms with Crippen LogP contribution in [0, 0.1) is 6.07 Å². The van der Waals surface area contributed by atoms with Crippen LogP contribution in [-0.4, -0.2) is 4.98 Å². The fourth-order valence-electron chi connectivity index (χ4n) is 6.94. The first-order valence-electron chi connectivity index (χ1n) is 15.8. The van der Waals surface area contributed by atoms with Crippen molar-refractivity contribution in [1.29, 1.82) is 0 Å². The Balaban J connectivity index is 1.52. The summed E-state index contributed by atoms with van der Waals surface area (Å²) in [5.41, 5.74) is 8.18. The van der Waals surface area contributed by atoms with Gasteiger partial charge in [0.25, 0.3) is 0 Å². The van der Waals surface area contributed by atoms with Crippen LogP contribution in [0.3, 0.4) is 0 Å². The molecule has 0 aliphatic heterocycles. The number of fused-ring (bicyclic) bond motifs is 4. The summed E-state index contributed by atoms with van der Waals surface area (Å²) < 4.78 is 0. The molecule has 0 saturated carbocycles. The van der Waals surface area contributed by atoms with Gasteiger partial charge < -0.3 is 4.98 Å². The predicted octanol–water partition coefficient (Wildman–Crippen LogP) is 11.5. The van der Waals surface area contributed by atoms with Gasteiger partial charge in [-0.15, -0.1) is 29.3 Å². The maximum absolute atomic E-state index is 4.88. The highest BCUT2D eigenvalue weighted by Crippen LogP contribution is 2.55. The van der Waals surface area contributed by atoms with Crippen molar-refractivity contribution < 1.29 is 0 Å². The first-order chi connectivity index (χ1) is 19.3. The van der Waals surface area contributed by atoms with E-state index in [4.69, 9.17) is 4.98 Å². The molecule has 3 aromatic carbocycles. The van der Waals surface area contributed by atoms with Gasteiger partial charge in [-0.05, 0) is 40.9 Å². The summed E-state index contributed by atoms with van der Waals surface area (Å²) in [4.78, 5) is 4.88. The molecule has 1 heterocycles. The second kappa shape index (κ2) is 13.4. The fourth-order valence-corrected chi connectivity index (χ4v) is 6.94. The van der Waals surface area contributed by atoms with Crippen molar-refractivity contribution in [3.05, 3.63) is 90.1 Å². The fraction of sp³-hybridized carbons (Fsp3) is 0.447. The third-order valence-electron chi connectivity index (χ3n) is 9.04. The van der Waals surface area contributed by atoms with E-state index in [1.807, 2.05) is 6.20 Å². The molecule has 0 saturated heterocycles. The molecular formula is C38H46N-. The molecule has 1 nitrogen and oxygen atoms in total. The number of nitrogens with zero attached hydrogens (tertiary/aromatic N) is 1. The normalized spacial score (nSPS) is 13.5. The standard InChI is InChI=1S/C38H46N/c1-3-5-7-9-11-17-26-38(27-18-12-10-8-6-4-2)35-22-16-15-21-33(35)34-24-23-31(29-36(34)38)37-32-20-14-13-19-30(32)25-28-39-37/h13-16,19-22,24-25,28-29H,3-12,17-18,26-27H2,1-2H3/q-1. The first-order valence-corrected chi connectivity index (χ1v) is 15.8. The molecule has 1 heteroatoms. The molecule has 1 aliphatic carbocycles. The number of pyridine rings is 1. The van der Waals surface area contributed by atoms with Gasteiger partial charge in [0.2, 0.25) is 0 Å². The maximum Gasteiger partial charge on any atom is 0.0167 e.